The first-order valence-electron chi connectivity index (χ1n) is 10.2. The van der Waals surface area contributed by atoms with E-state index in [1.807, 2.05) is 42.5 Å². The molecule has 2 aromatic carbocycles. The van der Waals surface area contributed by atoms with E-state index in [-0.39, 0.29) is 12.4 Å². The lowest BCUT2D eigenvalue weighted by molar-refractivity contribution is 0.230. The van der Waals surface area contributed by atoms with Gasteiger partial charge in [0.05, 0.1) is 28.4 Å². The molecule has 0 atom stereocenters. The van der Waals surface area contributed by atoms with Crippen LogP contribution in [0.25, 0.3) is 12.2 Å². The van der Waals surface area contributed by atoms with Crippen LogP contribution in [-0.4, -0.2) is 59.6 Å². The van der Waals surface area contributed by atoms with Gasteiger partial charge in [0.15, 0.2) is 23.0 Å². The SMILES string of the molecule is COc1ccc(/C=C\c2cc(OC)c(OC)c(OC)c2)cc1OCCN1CCCC1.Cl. The summed E-state index contributed by atoms with van der Waals surface area (Å²) >= 11 is 0. The Labute approximate surface area is 191 Å². The fourth-order valence-electron chi connectivity index (χ4n) is 3.59. The van der Waals surface area contributed by atoms with Gasteiger partial charge in [-0.2, -0.15) is 0 Å². The van der Waals surface area contributed by atoms with Crippen LogP contribution in [0.4, 0.5) is 0 Å². The van der Waals surface area contributed by atoms with Crippen molar-refractivity contribution in [3.63, 3.8) is 0 Å². The van der Waals surface area contributed by atoms with Crippen molar-refractivity contribution in [1.82, 2.24) is 4.90 Å². The maximum absolute atomic E-state index is 6.03. The monoisotopic (exact) mass is 449 g/mol. The molecule has 1 fully saturated rings. The second-order valence-corrected chi connectivity index (χ2v) is 7.10. The van der Waals surface area contributed by atoms with Crippen molar-refractivity contribution >= 4 is 24.6 Å². The van der Waals surface area contributed by atoms with Gasteiger partial charge in [-0.05, 0) is 61.3 Å². The zero-order valence-corrected chi connectivity index (χ0v) is 19.5. The van der Waals surface area contributed by atoms with Gasteiger partial charge in [-0.25, -0.2) is 0 Å². The lowest BCUT2D eigenvalue weighted by Gasteiger charge is -2.16. The fraction of sp³-hybridized carbons (Fsp3) is 0.417. The Morgan fingerprint density at radius 2 is 1.32 bits per heavy atom. The van der Waals surface area contributed by atoms with E-state index in [0.29, 0.717) is 23.9 Å². The van der Waals surface area contributed by atoms with Gasteiger partial charge in [0.25, 0.3) is 0 Å². The normalized spacial score (nSPS) is 13.7. The van der Waals surface area contributed by atoms with Gasteiger partial charge in [0.1, 0.15) is 6.61 Å². The topological polar surface area (TPSA) is 49.4 Å². The number of benzene rings is 2. The van der Waals surface area contributed by atoms with Crippen LogP contribution in [-0.2, 0) is 0 Å². The first-order chi connectivity index (χ1) is 14.7. The Bertz CT molecular complexity index is 840. The minimum Gasteiger partial charge on any atom is -0.493 e. The van der Waals surface area contributed by atoms with Crippen molar-refractivity contribution in [2.45, 2.75) is 12.8 Å². The molecule has 1 heterocycles. The molecule has 31 heavy (non-hydrogen) atoms. The molecule has 1 aliphatic rings. The highest BCUT2D eigenvalue weighted by Crippen LogP contribution is 2.38. The molecule has 0 radical (unpaired) electrons. The molecule has 0 amide bonds. The van der Waals surface area contributed by atoms with E-state index >= 15 is 0 Å². The summed E-state index contributed by atoms with van der Waals surface area (Å²) in [6.07, 6.45) is 6.59. The Morgan fingerprint density at radius 3 is 1.90 bits per heavy atom. The summed E-state index contributed by atoms with van der Waals surface area (Å²) in [6, 6.07) is 9.75. The highest BCUT2D eigenvalue weighted by Gasteiger charge is 2.13. The first-order valence-corrected chi connectivity index (χ1v) is 10.2. The average molecular weight is 450 g/mol. The van der Waals surface area contributed by atoms with E-state index in [2.05, 4.69) is 4.90 Å². The number of nitrogens with zero attached hydrogens (tertiary/aromatic N) is 1. The Hall–Kier alpha value is -2.57. The third-order valence-corrected chi connectivity index (χ3v) is 5.21. The van der Waals surface area contributed by atoms with Crippen molar-refractivity contribution in [1.29, 1.82) is 0 Å². The van der Waals surface area contributed by atoms with E-state index in [0.717, 1.165) is 42.3 Å². The lowest BCUT2D eigenvalue weighted by atomic mass is 10.1. The van der Waals surface area contributed by atoms with Crippen LogP contribution in [0.15, 0.2) is 30.3 Å². The van der Waals surface area contributed by atoms with Crippen LogP contribution in [0.5, 0.6) is 28.7 Å². The average Bonchev–Trinajstić information content (AvgIpc) is 3.30. The minimum absolute atomic E-state index is 0. The summed E-state index contributed by atoms with van der Waals surface area (Å²) in [4.78, 5) is 2.43. The zero-order chi connectivity index (χ0) is 21.3. The molecule has 0 aromatic heterocycles. The van der Waals surface area contributed by atoms with Gasteiger partial charge in [0.2, 0.25) is 5.75 Å². The van der Waals surface area contributed by atoms with Crippen molar-refractivity contribution < 1.29 is 23.7 Å². The molecular formula is C24H32ClNO5. The third kappa shape index (κ3) is 6.45. The smallest absolute Gasteiger partial charge is 0.203 e. The van der Waals surface area contributed by atoms with Gasteiger partial charge in [-0.3, -0.25) is 4.90 Å². The van der Waals surface area contributed by atoms with Crippen molar-refractivity contribution in [2.75, 3.05) is 54.7 Å². The quantitative estimate of drug-likeness (QED) is 0.486. The van der Waals surface area contributed by atoms with Crippen LogP contribution in [0, 0.1) is 0 Å². The van der Waals surface area contributed by atoms with Crippen LogP contribution < -0.4 is 23.7 Å². The first kappa shape index (κ1) is 24.7. The molecule has 1 aliphatic heterocycles. The molecule has 0 aliphatic carbocycles. The Morgan fingerprint density at radius 1 is 0.742 bits per heavy atom. The molecule has 0 unspecified atom stereocenters. The predicted molar refractivity (Wildman–Crippen MR) is 126 cm³/mol. The summed E-state index contributed by atoms with van der Waals surface area (Å²) in [7, 11) is 6.48. The van der Waals surface area contributed by atoms with E-state index in [4.69, 9.17) is 23.7 Å². The number of hydrogen-bond acceptors (Lipinski definition) is 6. The molecule has 0 saturated carbocycles. The standard InChI is InChI=1S/C24H31NO5.ClH/c1-26-20-10-9-18(15-21(20)30-14-13-25-11-5-6-12-25)7-8-19-16-22(27-2)24(29-4)23(17-19)28-3;/h7-10,15-17H,5-6,11-14H2,1-4H3;1H/b8-7-;. The number of halogens is 1. The third-order valence-electron chi connectivity index (χ3n) is 5.21. The summed E-state index contributed by atoms with van der Waals surface area (Å²) < 4.78 is 27.7. The molecule has 0 spiro atoms. The number of ether oxygens (including phenoxy) is 5. The maximum atomic E-state index is 6.03. The lowest BCUT2D eigenvalue weighted by Crippen LogP contribution is -2.25. The summed E-state index contributed by atoms with van der Waals surface area (Å²) in [5.74, 6) is 3.31. The molecule has 2 aromatic rings. The predicted octanol–water partition coefficient (Wildman–Crippen LogP) is 4.79. The Kier molecular flexibility index (Phi) is 9.82. The molecule has 170 valence electrons. The number of likely N-dealkylation sites (tertiary alicyclic amines) is 1. The maximum Gasteiger partial charge on any atom is 0.203 e. The number of rotatable bonds is 10. The van der Waals surface area contributed by atoms with Crippen LogP contribution in [0.2, 0.25) is 0 Å². The van der Waals surface area contributed by atoms with Crippen molar-refractivity contribution in [3.05, 3.63) is 41.5 Å². The van der Waals surface area contributed by atoms with E-state index < -0.39 is 0 Å². The number of methoxy groups -OCH3 is 4. The van der Waals surface area contributed by atoms with Crippen LogP contribution in [0.3, 0.4) is 0 Å². The summed E-state index contributed by atoms with van der Waals surface area (Å²) in [6.45, 7) is 3.92. The Balaban J connectivity index is 0.00000341. The van der Waals surface area contributed by atoms with Crippen LogP contribution >= 0.6 is 12.4 Å². The summed E-state index contributed by atoms with van der Waals surface area (Å²) in [5.41, 5.74) is 1.96. The molecule has 0 bridgehead atoms. The summed E-state index contributed by atoms with van der Waals surface area (Å²) in [5, 5.41) is 0. The van der Waals surface area contributed by atoms with Crippen molar-refractivity contribution in [2.24, 2.45) is 0 Å². The molecule has 3 rings (SSSR count). The highest BCUT2D eigenvalue weighted by atomic mass is 35.5. The largest absolute Gasteiger partial charge is 0.493 e. The second-order valence-electron chi connectivity index (χ2n) is 7.10. The molecule has 0 N–H and O–H groups in total. The second kappa shape index (κ2) is 12.3. The van der Waals surface area contributed by atoms with Gasteiger partial charge in [0, 0.05) is 6.54 Å². The fourth-order valence-corrected chi connectivity index (χ4v) is 3.59. The molecule has 1 saturated heterocycles. The van der Waals surface area contributed by atoms with Crippen LogP contribution in [0.1, 0.15) is 24.0 Å². The zero-order valence-electron chi connectivity index (χ0n) is 18.7. The van der Waals surface area contributed by atoms with Gasteiger partial charge in [-0.15, -0.1) is 12.4 Å². The number of hydrogen-bond donors (Lipinski definition) is 0. The minimum atomic E-state index is 0. The van der Waals surface area contributed by atoms with Gasteiger partial charge >= 0.3 is 0 Å². The molecular weight excluding hydrogens is 418 g/mol. The van der Waals surface area contributed by atoms with E-state index in [1.54, 1.807) is 28.4 Å². The van der Waals surface area contributed by atoms with Gasteiger partial charge in [-0.1, -0.05) is 18.2 Å². The van der Waals surface area contributed by atoms with Gasteiger partial charge < -0.3 is 23.7 Å². The molecule has 7 heteroatoms. The van der Waals surface area contributed by atoms with Crippen molar-refractivity contribution in [3.8, 4) is 28.7 Å². The van der Waals surface area contributed by atoms with E-state index in [9.17, 15) is 0 Å². The van der Waals surface area contributed by atoms with E-state index in [1.165, 1.54) is 12.8 Å². The molecule has 6 nitrogen and oxygen atoms in total. The highest BCUT2D eigenvalue weighted by molar-refractivity contribution is 5.85.